The summed E-state index contributed by atoms with van der Waals surface area (Å²) in [5.74, 6) is 0.317. The number of pyridine rings is 1. The molecule has 0 radical (unpaired) electrons. The summed E-state index contributed by atoms with van der Waals surface area (Å²) in [4.78, 5) is 43.3. The van der Waals surface area contributed by atoms with Crippen LogP contribution in [0.15, 0.2) is 49.1 Å². The van der Waals surface area contributed by atoms with Gasteiger partial charge in [0.1, 0.15) is 6.04 Å². The van der Waals surface area contributed by atoms with Gasteiger partial charge in [-0.15, -0.1) is 0 Å². The number of nitrogens with zero attached hydrogens (tertiary/aromatic N) is 6. The second-order valence-electron chi connectivity index (χ2n) is 14.1. The number of piperazine rings is 1. The molecule has 240 valence electrons. The number of aromatic nitrogens is 3. The van der Waals surface area contributed by atoms with E-state index < -0.39 is 12.1 Å². The lowest BCUT2D eigenvalue weighted by Gasteiger charge is -2.45. The van der Waals surface area contributed by atoms with Crippen molar-refractivity contribution < 1.29 is 14.3 Å². The van der Waals surface area contributed by atoms with Crippen LogP contribution in [0, 0.1) is 18.3 Å². The molecule has 1 aromatic carbocycles. The summed E-state index contributed by atoms with van der Waals surface area (Å²) in [6.07, 6.45) is 8.96. The van der Waals surface area contributed by atoms with Crippen molar-refractivity contribution in [2.75, 3.05) is 39.3 Å². The number of amides is 2. The van der Waals surface area contributed by atoms with Crippen LogP contribution in [-0.2, 0) is 28.9 Å². The maximum absolute atomic E-state index is 14.5. The van der Waals surface area contributed by atoms with Crippen LogP contribution >= 0.6 is 11.6 Å². The molecule has 2 amide bonds. The van der Waals surface area contributed by atoms with Gasteiger partial charge in [0.05, 0.1) is 35.4 Å². The molecule has 1 unspecified atom stereocenters. The first-order chi connectivity index (χ1) is 21.6. The zero-order chi connectivity index (χ0) is 31.7. The Kier molecular flexibility index (Phi) is 9.20. The van der Waals surface area contributed by atoms with E-state index in [2.05, 4.69) is 44.9 Å². The van der Waals surface area contributed by atoms with Gasteiger partial charge in [-0.25, -0.2) is 9.78 Å². The monoisotopic (exact) mass is 632 g/mol. The number of imidazole rings is 1. The van der Waals surface area contributed by atoms with Crippen molar-refractivity contribution in [1.82, 2.24) is 29.2 Å². The lowest BCUT2D eigenvalue weighted by Crippen LogP contribution is -2.62. The number of fused-ring (bicyclic) bond motifs is 2. The van der Waals surface area contributed by atoms with Crippen molar-refractivity contribution in [1.29, 1.82) is 0 Å². The van der Waals surface area contributed by atoms with Crippen LogP contribution in [0.25, 0.3) is 0 Å². The van der Waals surface area contributed by atoms with Gasteiger partial charge >= 0.3 is 6.09 Å². The molecule has 0 spiro atoms. The highest BCUT2D eigenvalue weighted by Gasteiger charge is 2.43. The summed E-state index contributed by atoms with van der Waals surface area (Å²) >= 11 is 6.42. The van der Waals surface area contributed by atoms with Gasteiger partial charge in [-0.3, -0.25) is 19.6 Å². The summed E-state index contributed by atoms with van der Waals surface area (Å²) < 4.78 is 7.92. The number of rotatable bonds is 5. The first kappa shape index (κ1) is 31.5. The van der Waals surface area contributed by atoms with Gasteiger partial charge in [0.25, 0.3) is 0 Å². The molecule has 1 aliphatic carbocycles. The molecule has 3 aliphatic rings. The first-order valence-corrected chi connectivity index (χ1v) is 16.6. The van der Waals surface area contributed by atoms with Gasteiger partial charge in [-0.1, -0.05) is 56.6 Å². The highest BCUT2D eigenvalue weighted by molar-refractivity contribution is 6.30. The van der Waals surface area contributed by atoms with Crippen molar-refractivity contribution in [3.8, 4) is 0 Å². The summed E-state index contributed by atoms with van der Waals surface area (Å²) in [6, 6.07) is 9.75. The Morgan fingerprint density at radius 3 is 2.62 bits per heavy atom. The number of hydrogen-bond acceptors (Lipinski definition) is 6. The molecule has 3 aromatic rings. The van der Waals surface area contributed by atoms with Crippen LogP contribution in [-0.4, -0.2) is 86.6 Å². The standard InChI is InChI=1S/C35H45ClN6O3/c1-24-18-39(23-38-24)19-25-8-7-13-41(20-25)33(43)30-21-40(14-15-42(30)34(44)45-22-35(2,3)4)32-29-10-6-5-9-26(29)11-12-27-16-28(36)17-37-31(27)32/h5-6,9-10,16-18,23,25,30,32H,7-8,11-15,19-22H2,1-4H3/t25-,30+,32?/m0/s1. The van der Waals surface area contributed by atoms with E-state index in [1.54, 1.807) is 11.1 Å². The fraction of sp³-hybridized carbons (Fsp3) is 0.543. The van der Waals surface area contributed by atoms with E-state index in [-0.39, 0.29) is 24.0 Å². The fourth-order valence-electron chi connectivity index (χ4n) is 7.08. The second-order valence-corrected chi connectivity index (χ2v) is 14.6. The molecular weight excluding hydrogens is 588 g/mol. The van der Waals surface area contributed by atoms with E-state index in [1.165, 1.54) is 11.1 Å². The highest BCUT2D eigenvalue weighted by Crippen LogP contribution is 2.38. The van der Waals surface area contributed by atoms with Gasteiger partial charge in [0.15, 0.2) is 0 Å². The lowest BCUT2D eigenvalue weighted by molar-refractivity contribution is -0.141. The van der Waals surface area contributed by atoms with E-state index in [1.807, 2.05) is 45.0 Å². The smallest absolute Gasteiger partial charge is 0.410 e. The molecular formula is C35H45ClN6O3. The number of likely N-dealkylation sites (tertiary alicyclic amines) is 1. The number of halogens is 1. The fourth-order valence-corrected chi connectivity index (χ4v) is 7.26. The molecule has 4 heterocycles. The average molecular weight is 633 g/mol. The molecule has 6 rings (SSSR count). The van der Waals surface area contributed by atoms with E-state index >= 15 is 0 Å². The summed E-state index contributed by atoms with van der Waals surface area (Å²) in [5, 5.41) is 0.628. The number of aryl methyl sites for hydroxylation is 3. The van der Waals surface area contributed by atoms with Gasteiger partial charge < -0.3 is 14.2 Å². The summed E-state index contributed by atoms with van der Waals surface area (Å²) in [5.41, 5.74) is 5.41. The van der Waals surface area contributed by atoms with Gasteiger partial charge in [-0.2, -0.15) is 0 Å². The van der Waals surface area contributed by atoms with Crippen molar-refractivity contribution in [2.45, 2.75) is 72.0 Å². The van der Waals surface area contributed by atoms with E-state index in [9.17, 15) is 9.59 Å². The largest absolute Gasteiger partial charge is 0.449 e. The number of carbonyl (C=O) groups is 2. The highest BCUT2D eigenvalue weighted by atomic mass is 35.5. The molecule has 2 aromatic heterocycles. The van der Waals surface area contributed by atoms with E-state index in [4.69, 9.17) is 21.3 Å². The Balaban J connectivity index is 1.29. The Hall–Kier alpha value is -3.43. The van der Waals surface area contributed by atoms with Crippen LogP contribution in [0.3, 0.4) is 0 Å². The SMILES string of the molecule is Cc1cn(C[C@@H]2CCCN(C(=O)[C@H]3CN(C4c5ccccc5CCc5cc(Cl)cnc54)CCN3C(=O)OCC(C)(C)C)C2)cn1. The zero-order valence-electron chi connectivity index (χ0n) is 26.9. The maximum Gasteiger partial charge on any atom is 0.410 e. The first-order valence-electron chi connectivity index (χ1n) is 16.2. The molecule has 0 saturated carbocycles. The van der Waals surface area contributed by atoms with Gasteiger partial charge in [0.2, 0.25) is 5.91 Å². The molecule has 45 heavy (non-hydrogen) atoms. The minimum atomic E-state index is -0.661. The van der Waals surface area contributed by atoms with Gasteiger partial charge in [-0.05, 0) is 66.7 Å². The maximum atomic E-state index is 14.5. The molecule has 2 saturated heterocycles. The Bertz CT molecular complexity index is 1530. The molecule has 0 bridgehead atoms. The molecule has 2 fully saturated rings. The third-order valence-electron chi connectivity index (χ3n) is 9.23. The quantitative estimate of drug-likeness (QED) is 0.368. The van der Waals surface area contributed by atoms with E-state index in [0.29, 0.717) is 43.7 Å². The van der Waals surface area contributed by atoms with Crippen LogP contribution in [0.1, 0.15) is 67.7 Å². The second kappa shape index (κ2) is 13.1. The molecule has 10 heteroatoms. The Morgan fingerprint density at radius 2 is 1.84 bits per heavy atom. The number of ether oxygens (including phenoxy) is 1. The Labute approximate surface area is 271 Å². The normalized spacial score (nSPS) is 22.4. The summed E-state index contributed by atoms with van der Waals surface area (Å²) in [6.45, 7) is 12.0. The predicted octanol–water partition coefficient (Wildman–Crippen LogP) is 5.54. The minimum absolute atomic E-state index is 0.00915. The third-order valence-corrected chi connectivity index (χ3v) is 9.43. The topological polar surface area (TPSA) is 83.8 Å². The predicted molar refractivity (Wildman–Crippen MR) is 174 cm³/mol. The third kappa shape index (κ3) is 7.20. The van der Waals surface area contributed by atoms with Crippen LogP contribution < -0.4 is 0 Å². The molecule has 9 nitrogen and oxygen atoms in total. The van der Waals surface area contributed by atoms with Crippen LogP contribution in [0.5, 0.6) is 0 Å². The lowest BCUT2D eigenvalue weighted by atomic mass is 9.94. The number of carbonyl (C=O) groups excluding carboxylic acids is 2. The number of hydrogen-bond donors (Lipinski definition) is 0. The minimum Gasteiger partial charge on any atom is -0.449 e. The van der Waals surface area contributed by atoms with Crippen molar-refractivity contribution in [2.24, 2.45) is 11.3 Å². The van der Waals surface area contributed by atoms with Gasteiger partial charge in [0, 0.05) is 51.7 Å². The van der Waals surface area contributed by atoms with Crippen molar-refractivity contribution in [3.63, 3.8) is 0 Å². The van der Waals surface area contributed by atoms with Crippen LogP contribution in [0.4, 0.5) is 4.79 Å². The van der Waals surface area contributed by atoms with E-state index in [0.717, 1.165) is 49.2 Å². The average Bonchev–Trinajstić information content (AvgIpc) is 3.35. The van der Waals surface area contributed by atoms with Crippen molar-refractivity contribution in [3.05, 3.63) is 82.2 Å². The van der Waals surface area contributed by atoms with Crippen LogP contribution in [0.2, 0.25) is 5.02 Å². The molecule has 0 N–H and O–H groups in total. The van der Waals surface area contributed by atoms with Crippen molar-refractivity contribution >= 4 is 23.6 Å². The number of piperidine rings is 1. The molecule has 2 aliphatic heterocycles. The number of benzene rings is 1. The molecule has 3 atom stereocenters. The zero-order valence-corrected chi connectivity index (χ0v) is 27.7. The Morgan fingerprint density at radius 1 is 1.04 bits per heavy atom. The summed E-state index contributed by atoms with van der Waals surface area (Å²) in [7, 11) is 0.